The lowest BCUT2D eigenvalue weighted by atomic mass is 10.2. The van der Waals surface area contributed by atoms with Crippen LogP contribution in [0, 0.1) is 11.3 Å². The molecule has 90 valence electrons. The Morgan fingerprint density at radius 1 is 1.53 bits per heavy atom. The van der Waals surface area contributed by atoms with Crippen LogP contribution in [0.5, 0.6) is 0 Å². The fourth-order valence-corrected chi connectivity index (χ4v) is 3.36. The summed E-state index contributed by atoms with van der Waals surface area (Å²) >= 11 is 0. The van der Waals surface area contributed by atoms with Gasteiger partial charge in [-0.25, -0.2) is 4.98 Å². The van der Waals surface area contributed by atoms with Crippen LogP contribution in [0.15, 0.2) is 18.3 Å². The van der Waals surface area contributed by atoms with Crippen molar-refractivity contribution in [1.29, 1.82) is 5.26 Å². The molecule has 0 saturated carbocycles. The molecule has 0 N–H and O–H groups in total. The molecule has 0 aromatic carbocycles. The van der Waals surface area contributed by atoms with E-state index in [-0.39, 0.29) is 5.25 Å². The first-order valence-corrected chi connectivity index (χ1v) is 6.98. The van der Waals surface area contributed by atoms with Crippen molar-refractivity contribution in [2.75, 3.05) is 13.2 Å². The van der Waals surface area contributed by atoms with E-state index in [4.69, 9.17) is 10.00 Å². The minimum absolute atomic E-state index is 0.190. The van der Waals surface area contributed by atoms with Gasteiger partial charge in [-0.2, -0.15) is 5.26 Å². The second-order valence-electron chi connectivity index (χ2n) is 3.96. The molecule has 0 amide bonds. The van der Waals surface area contributed by atoms with Gasteiger partial charge in [-0.1, -0.05) is 6.07 Å². The third-order valence-electron chi connectivity index (χ3n) is 2.84. The Kier molecular flexibility index (Phi) is 4.24. The van der Waals surface area contributed by atoms with E-state index in [0.717, 1.165) is 18.4 Å². The van der Waals surface area contributed by atoms with Gasteiger partial charge in [0.1, 0.15) is 11.8 Å². The highest BCUT2D eigenvalue weighted by Gasteiger charge is 2.21. The maximum Gasteiger partial charge on any atom is 0.144 e. The van der Waals surface area contributed by atoms with Gasteiger partial charge in [0, 0.05) is 41.0 Å². The minimum atomic E-state index is -0.940. The van der Waals surface area contributed by atoms with Crippen molar-refractivity contribution in [3.63, 3.8) is 0 Å². The standard InChI is InChI=1S/C12H14N2O2S/c13-8-12-10(2-1-5-14-12)9-17(15)11-3-6-16-7-4-11/h1-2,5,11H,3-4,6-7,9H2. The Balaban J connectivity index is 2.05. The van der Waals surface area contributed by atoms with Gasteiger partial charge in [0.25, 0.3) is 0 Å². The normalized spacial score (nSPS) is 18.5. The van der Waals surface area contributed by atoms with E-state index in [0.29, 0.717) is 24.7 Å². The van der Waals surface area contributed by atoms with Gasteiger partial charge >= 0.3 is 0 Å². The average Bonchev–Trinajstić information content (AvgIpc) is 2.40. The van der Waals surface area contributed by atoms with Crippen molar-refractivity contribution >= 4 is 10.8 Å². The molecule has 1 fully saturated rings. The predicted octanol–water partition coefficient (Wildman–Crippen LogP) is 1.38. The number of pyridine rings is 1. The second kappa shape index (κ2) is 5.89. The Bertz CT molecular complexity index is 450. The van der Waals surface area contributed by atoms with Crippen molar-refractivity contribution in [2.45, 2.75) is 23.8 Å². The number of rotatable bonds is 3. The molecule has 0 bridgehead atoms. The maximum atomic E-state index is 12.2. The van der Waals surface area contributed by atoms with Crippen LogP contribution in [0.2, 0.25) is 0 Å². The Hall–Kier alpha value is -1.25. The van der Waals surface area contributed by atoms with Gasteiger partial charge in [-0.15, -0.1) is 0 Å². The smallest absolute Gasteiger partial charge is 0.144 e. The van der Waals surface area contributed by atoms with Crippen LogP contribution in [-0.4, -0.2) is 27.7 Å². The molecule has 1 aliphatic rings. The lowest BCUT2D eigenvalue weighted by molar-refractivity contribution is 0.0992. The summed E-state index contributed by atoms with van der Waals surface area (Å²) in [5.41, 5.74) is 1.16. The molecular weight excluding hydrogens is 236 g/mol. The molecule has 2 rings (SSSR count). The summed E-state index contributed by atoms with van der Waals surface area (Å²) in [5, 5.41) is 9.10. The Morgan fingerprint density at radius 2 is 2.29 bits per heavy atom. The number of hydrogen-bond acceptors (Lipinski definition) is 4. The number of ether oxygens (including phenoxy) is 1. The highest BCUT2D eigenvalue weighted by atomic mass is 32.2. The van der Waals surface area contributed by atoms with E-state index in [2.05, 4.69) is 4.98 Å². The topological polar surface area (TPSA) is 63.0 Å². The van der Waals surface area contributed by atoms with E-state index >= 15 is 0 Å². The molecule has 17 heavy (non-hydrogen) atoms. The predicted molar refractivity (Wildman–Crippen MR) is 64.6 cm³/mol. The SMILES string of the molecule is N#Cc1ncccc1CS(=O)C1CCOCC1. The van der Waals surface area contributed by atoms with E-state index < -0.39 is 10.8 Å². The molecule has 0 aliphatic carbocycles. The van der Waals surface area contributed by atoms with E-state index in [9.17, 15) is 4.21 Å². The Morgan fingerprint density at radius 3 is 3.00 bits per heavy atom. The van der Waals surface area contributed by atoms with Crippen molar-refractivity contribution < 1.29 is 8.95 Å². The summed E-state index contributed by atoms with van der Waals surface area (Å²) in [6.07, 6.45) is 3.27. The molecule has 1 aliphatic heterocycles. The quantitative estimate of drug-likeness (QED) is 0.813. The zero-order chi connectivity index (χ0) is 12.1. The molecule has 1 atom stereocenters. The summed E-state index contributed by atoms with van der Waals surface area (Å²) in [5.74, 6) is 0.418. The first kappa shape index (κ1) is 12.2. The van der Waals surface area contributed by atoms with Crippen LogP contribution in [0.25, 0.3) is 0 Å². The fourth-order valence-electron chi connectivity index (χ4n) is 1.87. The fraction of sp³-hybridized carbons (Fsp3) is 0.500. The van der Waals surface area contributed by atoms with Crippen molar-refractivity contribution in [1.82, 2.24) is 4.98 Å². The van der Waals surface area contributed by atoms with E-state index in [1.807, 2.05) is 12.1 Å². The lowest BCUT2D eigenvalue weighted by Gasteiger charge is -2.21. The van der Waals surface area contributed by atoms with Gasteiger partial charge in [-0.3, -0.25) is 4.21 Å². The molecule has 4 nitrogen and oxygen atoms in total. The number of nitriles is 1. The lowest BCUT2D eigenvalue weighted by Crippen LogP contribution is -2.25. The highest BCUT2D eigenvalue weighted by Crippen LogP contribution is 2.17. The van der Waals surface area contributed by atoms with Crippen molar-refractivity contribution in [3.05, 3.63) is 29.6 Å². The number of hydrogen-bond donors (Lipinski definition) is 0. The average molecular weight is 250 g/mol. The zero-order valence-electron chi connectivity index (χ0n) is 9.46. The Labute approximate surface area is 103 Å². The molecule has 1 aromatic heterocycles. The van der Waals surface area contributed by atoms with Crippen LogP contribution < -0.4 is 0 Å². The van der Waals surface area contributed by atoms with Gasteiger partial charge < -0.3 is 4.74 Å². The van der Waals surface area contributed by atoms with Gasteiger partial charge in [0.2, 0.25) is 0 Å². The van der Waals surface area contributed by atoms with Crippen LogP contribution in [0.3, 0.4) is 0 Å². The maximum absolute atomic E-state index is 12.2. The number of aromatic nitrogens is 1. The van der Waals surface area contributed by atoms with Gasteiger partial charge in [0.05, 0.1) is 5.75 Å². The largest absolute Gasteiger partial charge is 0.381 e. The molecule has 2 heterocycles. The molecule has 5 heteroatoms. The third-order valence-corrected chi connectivity index (χ3v) is 4.65. The number of nitrogens with zero attached hydrogens (tertiary/aromatic N) is 2. The van der Waals surface area contributed by atoms with Crippen LogP contribution >= 0.6 is 0 Å². The molecule has 1 saturated heterocycles. The second-order valence-corrected chi connectivity index (χ2v) is 5.68. The van der Waals surface area contributed by atoms with Crippen molar-refractivity contribution in [3.8, 4) is 6.07 Å². The first-order valence-electron chi connectivity index (χ1n) is 5.60. The third kappa shape index (κ3) is 3.11. The van der Waals surface area contributed by atoms with Gasteiger partial charge in [-0.05, 0) is 18.9 Å². The van der Waals surface area contributed by atoms with Crippen LogP contribution in [0.1, 0.15) is 24.1 Å². The summed E-state index contributed by atoms with van der Waals surface area (Å²) in [6, 6.07) is 5.63. The summed E-state index contributed by atoms with van der Waals surface area (Å²) in [4.78, 5) is 3.98. The van der Waals surface area contributed by atoms with E-state index in [1.165, 1.54) is 0 Å². The van der Waals surface area contributed by atoms with Crippen LogP contribution in [0.4, 0.5) is 0 Å². The molecule has 0 radical (unpaired) electrons. The monoisotopic (exact) mass is 250 g/mol. The molecule has 1 aromatic rings. The zero-order valence-corrected chi connectivity index (χ0v) is 10.3. The summed E-state index contributed by atoms with van der Waals surface area (Å²) in [6.45, 7) is 1.38. The molecular formula is C12H14N2O2S. The summed E-state index contributed by atoms with van der Waals surface area (Å²) in [7, 11) is -0.940. The highest BCUT2D eigenvalue weighted by molar-refractivity contribution is 7.84. The van der Waals surface area contributed by atoms with Crippen LogP contribution in [-0.2, 0) is 21.3 Å². The van der Waals surface area contributed by atoms with Gasteiger partial charge in [0.15, 0.2) is 0 Å². The molecule has 1 unspecified atom stereocenters. The minimum Gasteiger partial charge on any atom is -0.381 e. The van der Waals surface area contributed by atoms with Crippen molar-refractivity contribution in [2.24, 2.45) is 0 Å². The summed E-state index contributed by atoms with van der Waals surface area (Å²) < 4.78 is 17.4. The first-order chi connectivity index (χ1) is 8.31. The van der Waals surface area contributed by atoms with E-state index in [1.54, 1.807) is 12.3 Å². The molecule has 0 spiro atoms.